The minimum Gasteiger partial charge on any atom is -0.321 e. The Balaban J connectivity index is 2.10. The number of carbonyl (C=O) groups excluding carboxylic acids is 1. The van der Waals surface area contributed by atoms with E-state index in [2.05, 4.69) is 5.32 Å². The van der Waals surface area contributed by atoms with Crippen LogP contribution in [0.3, 0.4) is 0 Å². The zero-order valence-corrected chi connectivity index (χ0v) is 13.0. The zero-order chi connectivity index (χ0) is 16.9. The van der Waals surface area contributed by atoms with E-state index in [0.717, 1.165) is 17.0 Å². The minimum atomic E-state index is -4.40. The third-order valence-corrected chi connectivity index (χ3v) is 3.80. The largest absolute Gasteiger partial charge is 0.416 e. The van der Waals surface area contributed by atoms with Gasteiger partial charge in [0.15, 0.2) is 0 Å². The maximum atomic E-state index is 12.6. The Bertz CT molecular complexity index is 726. The molecule has 0 unspecified atom stereocenters. The van der Waals surface area contributed by atoms with Crippen molar-refractivity contribution in [2.45, 2.75) is 11.1 Å². The third-order valence-electron chi connectivity index (χ3n) is 3.01. The van der Waals surface area contributed by atoms with Crippen LogP contribution in [-0.4, -0.2) is 12.2 Å². The fourth-order valence-electron chi connectivity index (χ4n) is 1.91. The molecule has 2 aromatic carbocycles. The van der Waals surface area contributed by atoms with Crippen molar-refractivity contribution in [3.8, 4) is 0 Å². The van der Waals surface area contributed by atoms with Crippen molar-refractivity contribution in [2.75, 3.05) is 11.6 Å². The van der Waals surface area contributed by atoms with Crippen molar-refractivity contribution >= 4 is 29.4 Å². The summed E-state index contributed by atoms with van der Waals surface area (Å²) in [6.45, 7) is 0. The van der Waals surface area contributed by atoms with Crippen molar-refractivity contribution in [3.63, 3.8) is 0 Å². The Morgan fingerprint density at radius 2 is 1.87 bits per heavy atom. The second-order valence-corrected chi connectivity index (χ2v) is 5.49. The lowest BCUT2D eigenvalue weighted by Crippen LogP contribution is -2.08. The molecule has 0 aliphatic carbocycles. The molecule has 2 nitrogen and oxygen atoms in total. The highest BCUT2D eigenvalue weighted by molar-refractivity contribution is 7.98. The smallest absolute Gasteiger partial charge is 0.321 e. The van der Waals surface area contributed by atoms with Crippen molar-refractivity contribution in [3.05, 3.63) is 65.7 Å². The molecule has 0 heterocycles. The summed E-state index contributed by atoms with van der Waals surface area (Å²) in [6.07, 6.45) is 0.0612. The molecule has 2 rings (SSSR count). The molecule has 1 amide bonds. The van der Waals surface area contributed by atoms with Crippen LogP contribution in [0, 0.1) is 0 Å². The van der Waals surface area contributed by atoms with Gasteiger partial charge in [0.05, 0.1) is 11.3 Å². The van der Waals surface area contributed by atoms with E-state index in [1.54, 1.807) is 12.1 Å². The standard InChI is InChI=1S/C17H14F3NOS/c1-23-15-8-3-2-7-14(15)21-16(22)10-9-12-5-4-6-13(11-12)17(18,19)20/h2-11H,1H3,(H,21,22)/b10-9+. The molecule has 6 heteroatoms. The molecule has 0 saturated heterocycles. The molecule has 1 N–H and O–H groups in total. The number of para-hydroxylation sites is 1. The van der Waals surface area contributed by atoms with Gasteiger partial charge in [0.1, 0.15) is 0 Å². The number of benzene rings is 2. The predicted octanol–water partition coefficient (Wildman–Crippen LogP) is 5.08. The molecule has 2 aromatic rings. The number of thioether (sulfide) groups is 1. The van der Waals surface area contributed by atoms with E-state index in [0.29, 0.717) is 11.3 Å². The number of anilines is 1. The molecule has 0 saturated carbocycles. The van der Waals surface area contributed by atoms with E-state index >= 15 is 0 Å². The van der Waals surface area contributed by atoms with Gasteiger partial charge in [-0.15, -0.1) is 11.8 Å². The first kappa shape index (κ1) is 17.1. The van der Waals surface area contributed by atoms with Crippen molar-refractivity contribution in [1.82, 2.24) is 0 Å². The molecular formula is C17H14F3NOS. The third kappa shape index (κ3) is 4.89. The van der Waals surface area contributed by atoms with E-state index in [-0.39, 0.29) is 0 Å². The summed E-state index contributed by atoms with van der Waals surface area (Å²) in [6, 6.07) is 12.1. The summed E-state index contributed by atoms with van der Waals surface area (Å²) >= 11 is 1.49. The van der Waals surface area contributed by atoms with Gasteiger partial charge in [-0.05, 0) is 42.2 Å². The quantitative estimate of drug-likeness (QED) is 0.623. The van der Waals surface area contributed by atoms with Gasteiger partial charge >= 0.3 is 6.18 Å². The fraction of sp³-hybridized carbons (Fsp3) is 0.118. The fourth-order valence-corrected chi connectivity index (χ4v) is 2.47. The Hall–Kier alpha value is -2.21. The molecule has 0 aliphatic rings. The monoisotopic (exact) mass is 337 g/mol. The average Bonchev–Trinajstić information content (AvgIpc) is 2.53. The van der Waals surface area contributed by atoms with Gasteiger partial charge in [-0.3, -0.25) is 4.79 Å². The zero-order valence-electron chi connectivity index (χ0n) is 12.2. The number of alkyl halides is 3. The normalized spacial score (nSPS) is 11.7. The van der Waals surface area contributed by atoms with E-state index in [4.69, 9.17) is 0 Å². The molecule has 23 heavy (non-hydrogen) atoms. The van der Waals surface area contributed by atoms with Gasteiger partial charge in [-0.2, -0.15) is 13.2 Å². The van der Waals surface area contributed by atoms with Crippen LogP contribution in [0.25, 0.3) is 6.08 Å². The predicted molar refractivity (Wildman–Crippen MR) is 87.3 cm³/mol. The van der Waals surface area contributed by atoms with Gasteiger partial charge in [0, 0.05) is 11.0 Å². The van der Waals surface area contributed by atoms with Crippen LogP contribution in [0.1, 0.15) is 11.1 Å². The molecule has 0 aliphatic heterocycles. The lowest BCUT2D eigenvalue weighted by atomic mass is 10.1. The number of amides is 1. The summed E-state index contributed by atoms with van der Waals surface area (Å²) in [4.78, 5) is 12.8. The van der Waals surface area contributed by atoms with Crippen LogP contribution in [0.15, 0.2) is 59.5 Å². The molecule has 0 atom stereocenters. The van der Waals surface area contributed by atoms with E-state index in [9.17, 15) is 18.0 Å². The summed E-state index contributed by atoms with van der Waals surface area (Å²) in [5, 5.41) is 2.71. The minimum absolute atomic E-state index is 0.313. The maximum absolute atomic E-state index is 12.6. The topological polar surface area (TPSA) is 29.1 Å². The molecule has 0 radical (unpaired) electrons. The van der Waals surface area contributed by atoms with Crippen molar-refractivity contribution < 1.29 is 18.0 Å². The number of rotatable bonds is 4. The van der Waals surface area contributed by atoms with Gasteiger partial charge in [-0.1, -0.05) is 24.3 Å². The second kappa shape index (κ2) is 7.37. The van der Waals surface area contributed by atoms with E-state index < -0.39 is 17.6 Å². The van der Waals surface area contributed by atoms with Crippen LogP contribution in [-0.2, 0) is 11.0 Å². The van der Waals surface area contributed by atoms with Gasteiger partial charge in [0.2, 0.25) is 5.91 Å². The van der Waals surface area contributed by atoms with Gasteiger partial charge in [0.25, 0.3) is 0 Å². The number of carbonyl (C=O) groups is 1. The Morgan fingerprint density at radius 1 is 1.13 bits per heavy atom. The van der Waals surface area contributed by atoms with Crippen LogP contribution in [0.2, 0.25) is 0 Å². The van der Waals surface area contributed by atoms with Gasteiger partial charge < -0.3 is 5.32 Å². The molecule has 0 aromatic heterocycles. The van der Waals surface area contributed by atoms with Crippen molar-refractivity contribution in [1.29, 1.82) is 0 Å². The summed E-state index contributed by atoms with van der Waals surface area (Å²) in [7, 11) is 0. The summed E-state index contributed by atoms with van der Waals surface area (Å²) in [5.74, 6) is -0.399. The first-order chi connectivity index (χ1) is 10.9. The Labute approximate surface area is 136 Å². The lowest BCUT2D eigenvalue weighted by molar-refractivity contribution is -0.137. The summed E-state index contributed by atoms with van der Waals surface area (Å²) in [5.41, 5.74) is 0.236. The molecule has 120 valence electrons. The Kier molecular flexibility index (Phi) is 5.50. The number of nitrogens with one attached hydrogen (secondary N) is 1. The maximum Gasteiger partial charge on any atom is 0.416 e. The Morgan fingerprint density at radius 3 is 2.57 bits per heavy atom. The number of hydrogen-bond donors (Lipinski definition) is 1. The molecular weight excluding hydrogens is 323 g/mol. The van der Waals surface area contributed by atoms with E-state index in [1.165, 1.54) is 36.0 Å². The van der Waals surface area contributed by atoms with Crippen LogP contribution in [0.4, 0.5) is 18.9 Å². The second-order valence-electron chi connectivity index (χ2n) is 4.65. The lowest BCUT2D eigenvalue weighted by Gasteiger charge is -2.07. The highest BCUT2D eigenvalue weighted by Gasteiger charge is 2.30. The highest BCUT2D eigenvalue weighted by Crippen LogP contribution is 2.29. The van der Waals surface area contributed by atoms with E-state index in [1.807, 2.05) is 18.4 Å². The first-order valence-electron chi connectivity index (χ1n) is 6.69. The van der Waals surface area contributed by atoms with Crippen LogP contribution >= 0.6 is 11.8 Å². The van der Waals surface area contributed by atoms with Crippen LogP contribution < -0.4 is 5.32 Å². The highest BCUT2D eigenvalue weighted by atomic mass is 32.2. The average molecular weight is 337 g/mol. The van der Waals surface area contributed by atoms with Gasteiger partial charge in [-0.25, -0.2) is 0 Å². The first-order valence-corrected chi connectivity index (χ1v) is 7.92. The molecule has 0 bridgehead atoms. The SMILES string of the molecule is CSc1ccccc1NC(=O)/C=C/c1cccc(C(F)(F)F)c1. The van der Waals surface area contributed by atoms with Crippen molar-refractivity contribution in [2.24, 2.45) is 0 Å². The summed E-state index contributed by atoms with van der Waals surface area (Å²) < 4.78 is 37.9. The number of hydrogen-bond acceptors (Lipinski definition) is 2. The van der Waals surface area contributed by atoms with Crippen LogP contribution in [0.5, 0.6) is 0 Å². The molecule has 0 fully saturated rings. The molecule has 0 spiro atoms. The number of halogens is 3.